The van der Waals surface area contributed by atoms with E-state index in [0.717, 1.165) is 16.8 Å². The number of anilines is 1. The van der Waals surface area contributed by atoms with Gasteiger partial charge in [-0.3, -0.25) is 20.2 Å². The minimum absolute atomic E-state index is 0.0177. The molecule has 0 saturated carbocycles. The van der Waals surface area contributed by atoms with Gasteiger partial charge in [0.15, 0.2) is 5.13 Å². The highest BCUT2D eigenvalue weighted by Crippen LogP contribution is 2.29. The molecule has 0 unspecified atom stereocenters. The summed E-state index contributed by atoms with van der Waals surface area (Å²) in [6, 6.07) is 10.3. The molecule has 3 aromatic rings. The number of nitro groups is 1. The van der Waals surface area contributed by atoms with Crippen molar-refractivity contribution < 1.29 is 9.72 Å². The van der Waals surface area contributed by atoms with E-state index in [2.05, 4.69) is 36.3 Å². The number of hydrogen-bond donors (Lipinski definition) is 1. The van der Waals surface area contributed by atoms with E-state index in [1.807, 2.05) is 12.3 Å². The summed E-state index contributed by atoms with van der Waals surface area (Å²) < 4.78 is 0. The van der Waals surface area contributed by atoms with E-state index >= 15 is 0 Å². The Hall–Kier alpha value is -3.32. The van der Waals surface area contributed by atoms with Crippen LogP contribution in [0.5, 0.6) is 0 Å². The van der Waals surface area contributed by atoms with Crippen molar-refractivity contribution in [3.63, 3.8) is 0 Å². The molecule has 1 N–H and O–H groups in total. The zero-order chi connectivity index (χ0) is 20.3. The second-order valence-electron chi connectivity index (χ2n) is 6.46. The van der Waals surface area contributed by atoms with Gasteiger partial charge in [0.2, 0.25) is 5.91 Å². The zero-order valence-electron chi connectivity index (χ0n) is 15.7. The first-order valence-corrected chi connectivity index (χ1v) is 9.48. The van der Waals surface area contributed by atoms with Crippen LogP contribution in [0, 0.1) is 30.9 Å². The van der Waals surface area contributed by atoms with Gasteiger partial charge in [-0.15, -0.1) is 11.3 Å². The normalized spacial score (nSPS) is 11.0. The topological polar surface area (TPSA) is 85.1 Å². The van der Waals surface area contributed by atoms with Crippen LogP contribution in [0.1, 0.15) is 22.3 Å². The van der Waals surface area contributed by atoms with Gasteiger partial charge in [-0.05, 0) is 55.2 Å². The molecule has 0 aliphatic rings. The van der Waals surface area contributed by atoms with Gasteiger partial charge in [0, 0.05) is 29.2 Å². The fourth-order valence-electron chi connectivity index (χ4n) is 2.75. The van der Waals surface area contributed by atoms with E-state index in [1.54, 1.807) is 12.1 Å². The Morgan fingerprint density at radius 3 is 2.64 bits per heavy atom. The maximum absolute atomic E-state index is 12.2. The Morgan fingerprint density at radius 2 is 1.89 bits per heavy atom. The van der Waals surface area contributed by atoms with E-state index in [9.17, 15) is 14.9 Å². The van der Waals surface area contributed by atoms with Crippen LogP contribution in [0.4, 0.5) is 10.8 Å². The number of carbonyl (C=O) groups excluding carboxylic acids is 1. The molecule has 6 nitrogen and oxygen atoms in total. The molecule has 1 amide bonds. The summed E-state index contributed by atoms with van der Waals surface area (Å²) in [5.41, 5.74) is 5.99. The molecule has 3 rings (SSSR count). The van der Waals surface area contributed by atoms with Crippen LogP contribution in [-0.2, 0) is 4.79 Å². The summed E-state index contributed by atoms with van der Waals surface area (Å²) in [6.45, 7) is 6.18. The first-order valence-electron chi connectivity index (χ1n) is 8.61. The van der Waals surface area contributed by atoms with Crippen molar-refractivity contribution in [3.05, 3.63) is 80.2 Å². The predicted molar refractivity (Wildman–Crippen MR) is 113 cm³/mol. The zero-order valence-corrected chi connectivity index (χ0v) is 16.5. The number of nitrogens with zero attached hydrogens (tertiary/aromatic N) is 2. The van der Waals surface area contributed by atoms with E-state index in [-0.39, 0.29) is 11.6 Å². The Balaban J connectivity index is 1.71. The number of aryl methyl sites for hydroxylation is 3. The molecule has 0 radical (unpaired) electrons. The first-order chi connectivity index (χ1) is 13.3. The molecule has 0 aliphatic carbocycles. The van der Waals surface area contributed by atoms with Crippen LogP contribution in [0.3, 0.4) is 0 Å². The van der Waals surface area contributed by atoms with Crippen LogP contribution in [0.15, 0.2) is 47.9 Å². The third kappa shape index (κ3) is 4.50. The van der Waals surface area contributed by atoms with Crippen LogP contribution in [0.25, 0.3) is 17.3 Å². The third-order valence-corrected chi connectivity index (χ3v) is 5.12. The van der Waals surface area contributed by atoms with Crippen molar-refractivity contribution in [3.8, 4) is 11.3 Å². The molecule has 1 aromatic heterocycles. The van der Waals surface area contributed by atoms with Crippen LogP contribution in [0.2, 0.25) is 0 Å². The molecule has 0 bridgehead atoms. The third-order valence-electron chi connectivity index (χ3n) is 4.36. The quantitative estimate of drug-likeness (QED) is 0.362. The van der Waals surface area contributed by atoms with Crippen molar-refractivity contribution in [2.75, 3.05) is 5.32 Å². The van der Waals surface area contributed by atoms with Crippen molar-refractivity contribution in [1.82, 2.24) is 4.98 Å². The Kier molecular flexibility index (Phi) is 5.65. The lowest BCUT2D eigenvalue weighted by molar-refractivity contribution is -0.384. The average Bonchev–Trinajstić information content (AvgIpc) is 3.11. The van der Waals surface area contributed by atoms with Crippen molar-refractivity contribution in [2.24, 2.45) is 0 Å². The van der Waals surface area contributed by atoms with Gasteiger partial charge < -0.3 is 0 Å². The van der Waals surface area contributed by atoms with E-state index in [1.165, 1.54) is 46.7 Å². The van der Waals surface area contributed by atoms with Gasteiger partial charge in [0.05, 0.1) is 10.6 Å². The minimum Gasteiger partial charge on any atom is -0.298 e. The van der Waals surface area contributed by atoms with Crippen molar-refractivity contribution >= 4 is 34.1 Å². The molecule has 0 spiro atoms. The Bertz CT molecular complexity index is 1090. The maximum Gasteiger partial charge on any atom is 0.270 e. The summed E-state index contributed by atoms with van der Waals surface area (Å²) >= 11 is 1.35. The van der Waals surface area contributed by atoms with E-state index in [4.69, 9.17) is 0 Å². The maximum atomic E-state index is 12.2. The minimum atomic E-state index is -0.469. The smallest absolute Gasteiger partial charge is 0.270 e. The first kappa shape index (κ1) is 19.4. The van der Waals surface area contributed by atoms with Gasteiger partial charge >= 0.3 is 0 Å². The lowest BCUT2D eigenvalue weighted by Gasteiger charge is -2.07. The molecule has 0 saturated heterocycles. The molecule has 1 heterocycles. The van der Waals surface area contributed by atoms with Gasteiger partial charge in [-0.2, -0.15) is 0 Å². The fourth-order valence-corrected chi connectivity index (χ4v) is 3.47. The number of thiazole rings is 1. The second-order valence-corrected chi connectivity index (χ2v) is 7.32. The fraction of sp³-hybridized carbons (Fsp3) is 0.143. The summed E-state index contributed by atoms with van der Waals surface area (Å²) in [7, 11) is 0. The number of hydrogen-bond acceptors (Lipinski definition) is 5. The molecule has 0 atom stereocenters. The van der Waals surface area contributed by atoms with Gasteiger partial charge in [0.1, 0.15) is 0 Å². The highest BCUT2D eigenvalue weighted by atomic mass is 32.1. The number of nitro benzene ring substituents is 1. The molecular formula is C21H19N3O3S. The molecule has 2 aromatic carbocycles. The lowest BCUT2D eigenvalue weighted by Crippen LogP contribution is -2.07. The summed E-state index contributed by atoms with van der Waals surface area (Å²) in [5.74, 6) is -0.343. The Labute approximate surface area is 166 Å². The number of benzene rings is 2. The highest BCUT2D eigenvalue weighted by molar-refractivity contribution is 7.14. The molecular weight excluding hydrogens is 374 g/mol. The summed E-state index contributed by atoms with van der Waals surface area (Å²) in [5, 5.41) is 16.0. The lowest BCUT2D eigenvalue weighted by atomic mass is 9.99. The number of amides is 1. The highest BCUT2D eigenvalue weighted by Gasteiger charge is 2.10. The molecule has 7 heteroatoms. The van der Waals surface area contributed by atoms with Gasteiger partial charge in [0.25, 0.3) is 5.69 Å². The standard InChI is InChI=1S/C21H19N3O3S/c1-13-9-15(3)18(10-14(13)2)19-12-28-21(22-19)23-20(25)8-7-16-5-4-6-17(11-16)24(26)27/h4-12H,1-3H3,(H,22,23,25)/b8-7+. The monoisotopic (exact) mass is 393 g/mol. The second kappa shape index (κ2) is 8.14. The predicted octanol–water partition coefficient (Wildman–Crippen LogP) is 5.30. The van der Waals surface area contributed by atoms with Crippen molar-refractivity contribution in [2.45, 2.75) is 20.8 Å². The Morgan fingerprint density at radius 1 is 1.14 bits per heavy atom. The molecule has 0 aliphatic heterocycles. The van der Waals surface area contributed by atoms with Crippen LogP contribution < -0.4 is 5.32 Å². The van der Waals surface area contributed by atoms with Crippen LogP contribution in [-0.4, -0.2) is 15.8 Å². The number of non-ortho nitro benzene ring substituents is 1. The number of carbonyl (C=O) groups is 1. The molecule has 0 fully saturated rings. The summed E-state index contributed by atoms with van der Waals surface area (Å²) in [6.07, 6.45) is 2.87. The number of nitrogens with one attached hydrogen (secondary N) is 1. The molecule has 28 heavy (non-hydrogen) atoms. The van der Waals surface area contributed by atoms with Crippen molar-refractivity contribution in [1.29, 1.82) is 0 Å². The average molecular weight is 393 g/mol. The summed E-state index contributed by atoms with van der Waals surface area (Å²) in [4.78, 5) is 27.0. The molecule has 142 valence electrons. The van der Waals surface area contributed by atoms with Gasteiger partial charge in [-0.25, -0.2) is 4.98 Å². The van der Waals surface area contributed by atoms with Crippen LogP contribution >= 0.6 is 11.3 Å². The number of aromatic nitrogens is 1. The largest absolute Gasteiger partial charge is 0.298 e. The van der Waals surface area contributed by atoms with Gasteiger partial charge in [-0.1, -0.05) is 18.2 Å². The number of rotatable bonds is 5. The van der Waals surface area contributed by atoms with E-state index < -0.39 is 4.92 Å². The van der Waals surface area contributed by atoms with E-state index in [0.29, 0.717) is 10.7 Å². The SMILES string of the molecule is Cc1cc(C)c(-c2csc(NC(=O)/C=C/c3cccc([N+](=O)[O-])c3)n2)cc1C.